The third kappa shape index (κ3) is 16.2. The summed E-state index contributed by atoms with van der Waals surface area (Å²) in [5.74, 6) is -0.405. The highest BCUT2D eigenvalue weighted by molar-refractivity contribution is 5.69. The van der Waals surface area contributed by atoms with E-state index in [1.54, 1.807) is 0 Å². The highest BCUT2D eigenvalue weighted by atomic mass is 16.7. The van der Waals surface area contributed by atoms with Crippen molar-refractivity contribution >= 4 is 5.97 Å². The summed E-state index contributed by atoms with van der Waals surface area (Å²) in [7, 11) is 0. The Labute approximate surface area is 235 Å². The molecule has 5 N–H and O–H groups in total. The second kappa shape index (κ2) is 22.8. The van der Waals surface area contributed by atoms with Crippen LogP contribution in [-0.2, 0) is 23.7 Å². The Bertz CT molecular complexity index is 590. The number of carbonyl (C=O) groups is 1. The molecule has 232 valence electrons. The van der Waals surface area contributed by atoms with Crippen molar-refractivity contribution in [3.63, 3.8) is 0 Å². The summed E-state index contributed by atoms with van der Waals surface area (Å²) in [5, 5.41) is 49.7. The van der Waals surface area contributed by atoms with Gasteiger partial charge in [0.2, 0.25) is 0 Å². The summed E-state index contributed by atoms with van der Waals surface area (Å²) < 4.78 is 22.0. The SMILES string of the molecule is CCCCCCCCCCCCC(=O)O[C@H](COC(O)CCCCCC)CO[C@@H]1O[C@H](CO)[C@H](O)[C@H](O)[C@H]1O. The highest BCUT2D eigenvalue weighted by Gasteiger charge is 2.44. The van der Waals surface area contributed by atoms with Crippen LogP contribution in [0.1, 0.15) is 117 Å². The fourth-order valence-electron chi connectivity index (χ4n) is 4.57. The molecule has 39 heavy (non-hydrogen) atoms. The zero-order valence-corrected chi connectivity index (χ0v) is 24.3. The largest absolute Gasteiger partial charge is 0.457 e. The van der Waals surface area contributed by atoms with Gasteiger partial charge < -0.3 is 44.5 Å². The van der Waals surface area contributed by atoms with Crippen LogP contribution >= 0.6 is 0 Å². The topological polar surface area (TPSA) is 155 Å². The lowest BCUT2D eigenvalue weighted by Gasteiger charge is -2.39. The van der Waals surface area contributed by atoms with Crippen molar-refractivity contribution < 1.29 is 49.3 Å². The second-order valence-electron chi connectivity index (χ2n) is 10.7. The average Bonchev–Trinajstić information content (AvgIpc) is 2.93. The quantitative estimate of drug-likeness (QED) is 0.0670. The molecule has 0 amide bonds. The van der Waals surface area contributed by atoms with Gasteiger partial charge in [-0.15, -0.1) is 0 Å². The molecule has 1 rings (SSSR count). The first-order valence-corrected chi connectivity index (χ1v) is 15.2. The van der Waals surface area contributed by atoms with Gasteiger partial charge >= 0.3 is 5.97 Å². The van der Waals surface area contributed by atoms with Gasteiger partial charge in [0.05, 0.1) is 19.8 Å². The third-order valence-corrected chi connectivity index (χ3v) is 7.11. The fourth-order valence-corrected chi connectivity index (χ4v) is 4.57. The maximum absolute atomic E-state index is 12.5. The highest BCUT2D eigenvalue weighted by Crippen LogP contribution is 2.22. The normalized spacial score (nSPS) is 24.9. The van der Waals surface area contributed by atoms with Gasteiger partial charge in [-0.3, -0.25) is 4.79 Å². The van der Waals surface area contributed by atoms with E-state index in [9.17, 15) is 30.3 Å². The van der Waals surface area contributed by atoms with Crippen molar-refractivity contribution in [2.75, 3.05) is 19.8 Å². The van der Waals surface area contributed by atoms with E-state index in [2.05, 4.69) is 13.8 Å². The van der Waals surface area contributed by atoms with Crippen molar-refractivity contribution in [3.05, 3.63) is 0 Å². The van der Waals surface area contributed by atoms with Gasteiger partial charge in [0.25, 0.3) is 0 Å². The van der Waals surface area contributed by atoms with Gasteiger partial charge in [0.15, 0.2) is 12.6 Å². The molecule has 1 aliphatic rings. The molecule has 7 atom stereocenters. The molecule has 1 fully saturated rings. The predicted molar refractivity (Wildman–Crippen MR) is 147 cm³/mol. The van der Waals surface area contributed by atoms with Crippen molar-refractivity contribution in [1.29, 1.82) is 0 Å². The molecule has 1 aliphatic heterocycles. The molecule has 1 saturated heterocycles. The Morgan fingerprint density at radius 3 is 1.92 bits per heavy atom. The zero-order valence-electron chi connectivity index (χ0n) is 24.3. The first-order valence-electron chi connectivity index (χ1n) is 15.2. The Hall–Kier alpha value is -0.850. The van der Waals surface area contributed by atoms with Crippen LogP contribution in [0.2, 0.25) is 0 Å². The molecular weight excluding hydrogens is 508 g/mol. The summed E-state index contributed by atoms with van der Waals surface area (Å²) in [6.07, 6.45) is 7.32. The van der Waals surface area contributed by atoms with Crippen molar-refractivity contribution in [2.24, 2.45) is 0 Å². The third-order valence-electron chi connectivity index (χ3n) is 7.11. The molecule has 0 aromatic heterocycles. The van der Waals surface area contributed by atoms with E-state index in [-0.39, 0.29) is 19.6 Å². The number of aliphatic hydroxyl groups is 5. The smallest absolute Gasteiger partial charge is 0.306 e. The van der Waals surface area contributed by atoms with Crippen molar-refractivity contribution in [1.82, 2.24) is 0 Å². The average molecular weight is 565 g/mol. The second-order valence-corrected chi connectivity index (χ2v) is 10.7. The Morgan fingerprint density at radius 2 is 1.33 bits per heavy atom. The minimum absolute atomic E-state index is 0.115. The summed E-state index contributed by atoms with van der Waals surface area (Å²) in [6.45, 7) is 3.41. The molecule has 10 nitrogen and oxygen atoms in total. The standard InChI is InChI=1S/C29H56O10/c1-3-5-7-9-10-11-12-13-14-16-18-25(32)38-22(20-36-24(31)17-15-8-6-4-2)21-37-29-28(35)27(34)26(33)23(19-30)39-29/h22-24,26-31,33-35H,3-21H2,1-2H3/t22-,23-,24?,26+,27+,28-,29-/m1/s1. The van der Waals surface area contributed by atoms with E-state index in [0.717, 1.165) is 44.9 Å². The lowest BCUT2D eigenvalue weighted by molar-refractivity contribution is -0.306. The lowest BCUT2D eigenvalue weighted by atomic mass is 9.99. The van der Waals surface area contributed by atoms with Gasteiger partial charge in [-0.2, -0.15) is 0 Å². The number of esters is 1. The fraction of sp³-hybridized carbons (Fsp3) is 0.966. The minimum Gasteiger partial charge on any atom is -0.457 e. The van der Waals surface area contributed by atoms with Gasteiger partial charge in [0.1, 0.15) is 30.5 Å². The monoisotopic (exact) mass is 564 g/mol. The molecule has 1 heterocycles. The predicted octanol–water partition coefficient (Wildman–Crippen LogP) is 3.33. The number of rotatable bonds is 24. The summed E-state index contributed by atoms with van der Waals surface area (Å²) in [6, 6.07) is 0. The van der Waals surface area contributed by atoms with Crippen LogP contribution in [0.5, 0.6) is 0 Å². The summed E-state index contributed by atoms with van der Waals surface area (Å²) in [5.41, 5.74) is 0. The van der Waals surface area contributed by atoms with Crippen LogP contribution in [0, 0.1) is 0 Å². The van der Waals surface area contributed by atoms with E-state index in [1.807, 2.05) is 0 Å². The zero-order chi connectivity index (χ0) is 28.9. The Balaban J connectivity index is 2.47. The van der Waals surface area contributed by atoms with Crippen LogP contribution in [0.4, 0.5) is 0 Å². The molecule has 0 bridgehead atoms. The number of hydrogen-bond donors (Lipinski definition) is 5. The number of ether oxygens (including phenoxy) is 4. The lowest BCUT2D eigenvalue weighted by Crippen LogP contribution is -2.59. The molecule has 0 saturated carbocycles. The Kier molecular flexibility index (Phi) is 21.1. The molecule has 0 aromatic carbocycles. The molecule has 0 aliphatic carbocycles. The van der Waals surface area contributed by atoms with Gasteiger partial charge in [-0.25, -0.2) is 0 Å². The first kappa shape index (κ1) is 36.2. The Morgan fingerprint density at radius 1 is 0.769 bits per heavy atom. The molecule has 0 radical (unpaired) electrons. The van der Waals surface area contributed by atoms with Crippen molar-refractivity contribution in [2.45, 2.75) is 160 Å². The molecular formula is C29H56O10. The summed E-state index contributed by atoms with van der Waals surface area (Å²) in [4.78, 5) is 12.5. The van der Waals surface area contributed by atoms with Crippen LogP contribution in [0.3, 0.4) is 0 Å². The van der Waals surface area contributed by atoms with E-state index in [4.69, 9.17) is 18.9 Å². The van der Waals surface area contributed by atoms with E-state index < -0.39 is 55.7 Å². The molecule has 0 spiro atoms. The summed E-state index contributed by atoms with van der Waals surface area (Å²) >= 11 is 0. The van der Waals surface area contributed by atoms with E-state index in [0.29, 0.717) is 6.42 Å². The van der Waals surface area contributed by atoms with Crippen molar-refractivity contribution in [3.8, 4) is 0 Å². The van der Waals surface area contributed by atoms with Gasteiger partial charge in [-0.1, -0.05) is 90.9 Å². The minimum atomic E-state index is -1.57. The van der Waals surface area contributed by atoms with Crippen LogP contribution in [-0.4, -0.2) is 94.4 Å². The van der Waals surface area contributed by atoms with Gasteiger partial charge in [-0.05, 0) is 19.3 Å². The maximum Gasteiger partial charge on any atom is 0.306 e. The first-order chi connectivity index (χ1) is 18.8. The van der Waals surface area contributed by atoms with Gasteiger partial charge in [0, 0.05) is 6.42 Å². The van der Waals surface area contributed by atoms with Crippen LogP contribution in [0.25, 0.3) is 0 Å². The number of aliphatic hydroxyl groups excluding tert-OH is 5. The maximum atomic E-state index is 12.5. The van der Waals surface area contributed by atoms with Crippen LogP contribution < -0.4 is 0 Å². The molecule has 10 heteroatoms. The molecule has 0 aromatic rings. The number of hydrogen-bond acceptors (Lipinski definition) is 10. The molecule has 1 unspecified atom stereocenters. The van der Waals surface area contributed by atoms with E-state index in [1.165, 1.54) is 44.9 Å². The van der Waals surface area contributed by atoms with E-state index >= 15 is 0 Å². The number of unbranched alkanes of at least 4 members (excludes halogenated alkanes) is 12. The number of carbonyl (C=O) groups excluding carboxylic acids is 1. The van der Waals surface area contributed by atoms with Crippen LogP contribution in [0.15, 0.2) is 0 Å².